The Labute approximate surface area is 85.3 Å². The van der Waals surface area contributed by atoms with Crippen LogP contribution in [0.5, 0.6) is 0 Å². The predicted octanol–water partition coefficient (Wildman–Crippen LogP) is 2.50. The summed E-state index contributed by atoms with van der Waals surface area (Å²) in [4.78, 5) is 0. The van der Waals surface area contributed by atoms with Crippen molar-refractivity contribution in [2.24, 2.45) is 11.8 Å². The number of hydrogen-bond acceptors (Lipinski definition) is 2. The largest absolute Gasteiger partial charge is 0.348 e. The molecule has 2 heteroatoms. The van der Waals surface area contributed by atoms with Crippen molar-refractivity contribution in [3.63, 3.8) is 0 Å². The second kappa shape index (κ2) is 3.07. The van der Waals surface area contributed by atoms with Gasteiger partial charge in [-0.25, -0.2) is 0 Å². The van der Waals surface area contributed by atoms with Gasteiger partial charge < -0.3 is 9.47 Å². The molecule has 3 rings (SSSR count). The lowest BCUT2D eigenvalue weighted by atomic mass is 9.68. The third kappa shape index (κ3) is 1.41. The number of hydrogen-bond donors (Lipinski definition) is 0. The molecule has 2 atom stereocenters. The van der Waals surface area contributed by atoms with E-state index in [1.807, 2.05) is 0 Å². The van der Waals surface area contributed by atoms with Gasteiger partial charge >= 0.3 is 0 Å². The van der Waals surface area contributed by atoms with E-state index in [1.54, 1.807) is 0 Å². The highest BCUT2D eigenvalue weighted by molar-refractivity contribution is 5.06. The van der Waals surface area contributed by atoms with Crippen LogP contribution >= 0.6 is 0 Å². The maximum atomic E-state index is 5.80. The Morgan fingerprint density at radius 3 is 2.21 bits per heavy atom. The molecule has 0 aromatic heterocycles. The van der Waals surface area contributed by atoms with Crippen LogP contribution in [0.2, 0.25) is 0 Å². The van der Waals surface area contributed by atoms with Gasteiger partial charge in [0.15, 0.2) is 5.79 Å². The summed E-state index contributed by atoms with van der Waals surface area (Å²) in [7, 11) is 0. The van der Waals surface area contributed by atoms with E-state index in [4.69, 9.17) is 9.47 Å². The Balaban J connectivity index is 1.78. The van der Waals surface area contributed by atoms with E-state index in [1.165, 1.54) is 24.8 Å². The molecule has 1 aliphatic heterocycles. The summed E-state index contributed by atoms with van der Waals surface area (Å²) >= 11 is 0. The molecule has 14 heavy (non-hydrogen) atoms. The molecule has 1 saturated heterocycles. The zero-order chi connectivity index (χ0) is 9.60. The predicted molar refractivity (Wildman–Crippen MR) is 53.8 cm³/mol. The van der Waals surface area contributed by atoms with Crippen LogP contribution in [-0.4, -0.2) is 19.0 Å². The zero-order valence-electron chi connectivity index (χ0n) is 8.63. The molecule has 2 nitrogen and oxygen atoms in total. The van der Waals surface area contributed by atoms with Crippen molar-refractivity contribution >= 4 is 0 Å². The lowest BCUT2D eigenvalue weighted by molar-refractivity contribution is -0.200. The number of allylic oxidation sites excluding steroid dienone is 1. The molecule has 3 fully saturated rings. The van der Waals surface area contributed by atoms with Crippen molar-refractivity contribution < 1.29 is 9.47 Å². The van der Waals surface area contributed by atoms with Crippen LogP contribution in [0, 0.1) is 11.8 Å². The smallest absolute Gasteiger partial charge is 0.169 e. The van der Waals surface area contributed by atoms with Crippen molar-refractivity contribution in [1.82, 2.24) is 0 Å². The van der Waals surface area contributed by atoms with Crippen molar-refractivity contribution in [2.75, 3.05) is 13.2 Å². The van der Waals surface area contributed by atoms with E-state index in [0.29, 0.717) is 0 Å². The molecule has 0 aromatic rings. The fourth-order valence-electron chi connectivity index (χ4n) is 3.54. The lowest BCUT2D eigenvalue weighted by Gasteiger charge is -2.44. The number of rotatable bonds is 0. The summed E-state index contributed by atoms with van der Waals surface area (Å²) in [6.07, 6.45) is 5.97. The van der Waals surface area contributed by atoms with Gasteiger partial charge in [-0.3, -0.25) is 0 Å². The first-order valence-electron chi connectivity index (χ1n) is 5.70. The summed E-state index contributed by atoms with van der Waals surface area (Å²) in [5.41, 5.74) is 1.44. The van der Waals surface area contributed by atoms with Crippen LogP contribution in [0.25, 0.3) is 0 Å². The van der Waals surface area contributed by atoms with Gasteiger partial charge in [0.25, 0.3) is 0 Å². The SMILES string of the molecule is C=C1CC2CC(C1)CC1(C2)OCCO1. The second-order valence-corrected chi connectivity index (χ2v) is 5.14. The van der Waals surface area contributed by atoms with Crippen LogP contribution in [0.4, 0.5) is 0 Å². The average Bonchev–Trinajstić information content (AvgIpc) is 2.50. The highest BCUT2D eigenvalue weighted by Crippen LogP contribution is 2.48. The molecule has 1 heterocycles. The molecule has 0 N–H and O–H groups in total. The molecule has 78 valence electrons. The quantitative estimate of drug-likeness (QED) is 0.552. The molecule has 2 saturated carbocycles. The Morgan fingerprint density at radius 2 is 1.64 bits per heavy atom. The van der Waals surface area contributed by atoms with Crippen molar-refractivity contribution in [3.8, 4) is 0 Å². The highest BCUT2D eigenvalue weighted by atomic mass is 16.7. The van der Waals surface area contributed by atoms with Gasteiger partial charge in [0, 0.05) is 12.8 Å². The van der Waals surface area contributed by atoms with Gasteiger partial charge in [0.05, 0.1) is 13.2 Å². The van der Waals surface area contributed by atoms with E-state index < -0.39 is 0 Å². The van der Waals surface area contributed by atoms with E-state index in [9.17, 15) is 0 Å². The summed E-state index contributed by atoms with van der Waals surface area (Å²) in [5, 5.41) is 0. The van der Waals surface area contributed by atoms with Crippen molar-refractivity contribution in [2.45, 2.75) is 37.9 Å². The first-order valence-corrected chi connectivity index (χ1v) is 5.70. The monoisotopic (exact) mass is 194 g/mol. The molecule has 3 aliphatic rings. The fraction of sp³-hybridized carbons (Fsp3) is 0.833. The average molecular weight is 194 g/mol. The Bertz CT molecular complexity index is 235. The molecule has 2 aliphatic carbocycles. The molecule has 0 amide bonds. The molecule has 2 unspecified atom stereocenters. The highest BCUT2D eigenvalue weighted by Gasteiger charge is 2.46. The molecule has 0 aromatic carbocycles. The standard InChI is InChI=1S/C12H18O2/c1-9-4-10-6-11(5-9)8-12(7-10)13-2-3-14-12/h10-11H,1-8H2. The van der Waals surface area contributed by atoms with Crippen LogP contribution < -0.4 is 0 Å². The summed E-state index contributed by atoms with van der Waals surface area (Å²) in [6, 6.07) is 0. The van der Waals surface area contributed by atoms with E-state index in [-0.39, 0.29) is 5.79 Å². The van der Waals surface area contributed by atoms with Gasteiger partial charge in [-0.05, 0) is 31.1 Å². The number of ether oxygens (including phenoxy) is 2. The summed E-state index contributed by atoms with van der Waals surface area (Å²) in [6.45, 7) is 5.71. The van der Waals surface area contributed by atoms with E-state index in [2.05, 4.69) is 6.58 Å². The van der Waals surface area contributed by atoms with E-state index >= 15 is 0 Å². The number of fused-ring (bicyclic) bond motifs is 2. The van der Waals surface area contributed by atoms with Crippen molar-refractivity contribution in [3.05, 3.63) is 12.2 Å². The summed E-state index contributed by atoms with van der Waals surface area (Å²) in [5.74, 6) is 1.36. The second-order valence-electron chi connectivity index (χ2n) is 5.14. The van der Waals surface area contributed by atoms with Crippen LogP contribution in [-0.2, 0) is 9.47 Å². The minimum atomic E-state index is -0.186. The molecular weight excluding hydrogens is 176 g/mol. The normalized spacial score (nSPS) is 40.4. The van der Waals surface area contributed by atoms with Crippen LogP contribution in [0.15, 0.2) is 12.2 Å². The Morgan fingerprint density at radius 1 is 1.07 bits per heavy atom. The molecule has 2 bridgehead atoms. The molecule has 0 radical (unpaired) electrons. The first-order chi connectivity index (χ1) is 6.76. The molecule has 1 spiro atoms. The lowest BCUT2D eigenvalue weighted by Crippen LogP contribution is -2.42. The minimum absolute atomic E-state index is 0.186. The zero-order valence-corrected chi connectivity index (χ0v) is 8.63. The molecular formula is C12H18O2. The topological polar surface area (TPSA) is 18.5 Å². The van der Waals surface area contributed by atoms with Gasteiger partial charge in [-0.1, -0.05) is 12.2 Å². The fourth-order valence-corrected chi connectivity index (χ4v) is 3.54. The van der Waals surface area contributed by atoms with Gasteiger partial charge in [0.1, 0.15) is 0 Å². The van der Waals surface area contributed by atoms with Gasteiger partial charge in [0.2, 0.25) is 0 Å². The van der Waals surface area contributed by atoms with Crippen LogP contribution in [0.1, 0.15) is 32.1 Å². The van der Waals surface area contributed by atoms with Crippen LogP contribution in [0.3, 0.4) is 0 Å². The third-order valence-corrected chi connectivity index (χ3v) is 3.83. The van der Waals surface area contributed by atoms with Gasteiger partial charge in [-0.15, -0.1) is 0 Å². The first kappa shape index (κ1) is 8.93. The Kier molecular flexibility index (Phi) is 1.96. The van der Waals surface area contributed by atoms with Gasteiger partial charge in [-0.2, -0.15) is 0 Å². The maximum absolute atomic E-state index is 5.80. The van der Waals surface area contributed by atoms with Crippen molar-refractivity contribution in [1.29, 1.82) is 0 Å². The minimum Gasteiger partial charge on any atom is -0.348 e. The Hall–Kier alpha value is -0.340. The maximum Gasteiger partial charge on any atom is 0.169 e. The summed E-state index contributed by atoms with van der Waals surface area (Å²) < 4.78 is 11.6. The third-order valence-electron chi connectivity index (χ3n) is 3.83. The van der Waals surface area contributed by atoms with E-state index in [0.717, 1.165) is 37.9 Å².